The number of piperidine rings is 1. The summed E-state index contributed by atoms with van der Waals surface area (Å²) in [7, 11) is 0.523. The first-order chi connectivity index (χ1) is 17.7. The number of hydrogen-bond acceptors (Lipinski definition) is 8. The molecule has 10 nitrogen and oxygen atoms in total. The Labute approximate surface area is 218 Å². The van der Waals surface area contributed by atoms with Gasteiger partial charge < -0.3 is 16.0 Å². The third-order valence-electron chi connectivity index (χ3n) is 6.24. The highest BCUT2D eigenvalue weighted by molar-refractivity contribution is 7.89. The van der Waals surface area contributed by atoms with Gasteiger partial charge in [-0.15, -0.1) is 0 Å². The molecule has 0 saturated carbocycles. The van der Waals surface area contributed by atoms with E-state index in [9.17, 15) is 13.2 Å². The van der Waals surface area contributed by atoms with Crippen LogP contribution in [-0.4, -0.2) is 72.2 Å². The molecule has 3 N–H and O–H groups in total. The van der Waals surface area contributed by atoms with E-state index in [4.69, 9.17) is 5.73 Å². The van der Waals surface area contributed by atoms with Crippen LogP contribution in [0.3, 0.4) is 0 Å². The van der Waals surface area contributed by atoms with Crippen LogP contribution in [0.2, 0.25) is 0 Å². The summed E-state index contributed by atoms with van der Waals surface area (Å²) in [6, 6.07) is 8.34. The third kappa shape index (κ3) is 6.68. The Kier molecular flexibility index (Phi) is 8.47. The van der Waals surface area contributed by atoms with E-state index in [0.29, 0.717) is 30.0 Å². The van der Waals surface area contributed by atoms with Crippen LogP contribution >= 0.6 is 0 Å². The molecule has 1 aliphatic heterocycles. The standard InChI is InChI=1S/C26H33N7O3S/c1-32(2)12-6-7-19-15-21(17-28-16-19)30-26(34)24-25(27)29-18-23(31-24)20-8-10-22(11-9-20)37(35,36)33-13-4-3-5-14-33/h8-11,15-18H,3-7,12-14H2,1-2H3,(H2,27,29)(H,30,34). The van der Waals surface area contributed by atoms with Gasteiger partial charge in [-0.05, 0) is 70.1 Å². The molecule has 1 fully saturated rings. The summed E-state index contributed by atoms with van der Waals surface area (Å²) in [4.78, 5) is 28.1. The first kappa shape index (κ1) is 26.6. The lowest BCUT2D eigenvalue weighted by Gasteiger charge is -2.25. The zero-order valence-corrected chi connectivity index (χ0v) is 22.0. The average molecular weight is 524 g/mol. The summed E-state index contributed by atoms with van der Waals surface area (Å²) in [5.74, 6) is -0.496. The third-order valence-corrected chi connectivity index (χ3v) is 8.16. The lowest BCUT2D eigenvalue weighted by molar-refractivity contribution is 0.102. The number of anilines is 2. The number of carbonyl (C=O) groups excluding carboxylic acids is 1. The van der Waals surface area contributed by atoms with Gasteiger partial charge in [0.15, 0.2) is 11.5 Å². The van der Waals surface area contributed by atoms with Crippen LogP contribution in [0.25, 0.3) is 11.3 Å². The number of nitrogens with one attached hydrogen (secondary N) is 1. The number of amides is 1. The summed E-state index contributed by atoms with van der Waals surface area (Å²) >= 11 is 0. The van der Waals surface area contributed by atoms with E-state index in [-0.39, 0.29) is 16.4 Å². The second-order valence-corrected chi connectivity index (χ2v) is 11.4. The monoisotopic (exact) mass is 523 g/mol. The highest BCUT2D eigenvalue weighted by Gasteiger charge is 2.26. The van der Waals surface area contributed by atoms with E-state index >= 15 is 0 Å². The van der Waals surface area contributed by atoms with E-state index in [2.05, 4.69) is 25.2 Å². The van der Waals surface area contributed by atoms with Gasteiger partial charge in [0.2, 0.25) is 10.0 Å². The lowest BCUT2D eigenvalue weighted by atomic mass is 10.1. The van der Waals surface area contributed by atoms with E-state index < -0.39 is 15.9 Å². The van der Waals surface area contributed by atoms with E-state index in [1.165, 1.54) is 10.5 Å². The Balaban J connectivity index is 1.48. The summed E-state index contributed by atoms with van der Waals surface area (Å²) in [5.41, 5.74) is 8.57. The maximum Gasteiger partial charge on any atom is 0.278 e. The highest BCUT2D eigenvalue weighted by Crippen LogP contribution is 2.25. The Bertz CT molecular complexity index is 1340. The number of sulfonamides is 1. The normalized spacial score (nSPS) is 14.6. The van der Waals surface area contributed by atoms with Crippen molar-refractivity contribution >= 4 is 27.4 Å². The number of nitrogens with two attached hydrogens (primary N) is 1. The van der Waals surface area contributed by atoms with Crippen LogP contribution in [0, 0.1) is 0 Å². The van der Waals surface area contributed by atoms with E-state index in [1.54, 1.807) is 36.7 Å². The van der Waals surface area contributed by atoms with Gasteiger partial charge in [0, 0.05) is 24.8 Å². The van der Waals surface area contributed by atoms with Crippen LogP contribution in [0.1, 0.15) is 41.7 Å². The number of nitrogens with zero attached hydrogens (tertiary/aromatic N) is 5. The predicted octanol–water partition coefficient (Wildman–Crippen LogP) is 3.04. The van der Waals surface area contributed by atoms with Crippen LogP contribution in [0.5, 0.6) is 0 Å². The Hall–Kier alpha value is -3.41. The fourth-order valence-corrected chi connectivity index (χ4v) is 5.76. The topological polar surface area (TPSA) is 134 Å². The Morgan fingerprint density at radius 1 is 1.08 bits per heavy atom. The van der Waals surface area contributed by atoms with Crippen LogP contribution in [-0.2, 0) is 16.4 Å². The van der Waals surface area contributed by atoms with Crippen molar-refractivity contribution in [3.05, 3.63) is 60.2 Å². The number of rotatable bonds is 9. The maximum atomic E-state index is 13.0. The van der Waals surface area contributed by atoms with Crippen molar-refractivity contribution in [2.45, 2.75) is 37.0 Å². The molecule has 1 amide bonds. The summed E-state index contributed by atoms with van der Waals surface area (Å²) in [6.07, 6.45) is 9.45. The minimum absolute atomic E-state index is 0.000596. The lowest BCUT2D eigenvalue weighted by Crippen LogP contribution is -2.35. The molecule has 196 valence electrons. The van der Waals surface area contributed by atoms with Crippen LogP contribution in [0.4, 0.5) is 11.5 Å². The van der Waals surface area contributed by atoms with E-state index in [1.807, 2.05) is 20.2 Å². The Morgan fingerprint density at radius 3 is 2.51 bits per heavy atom. The molecule has 0 aliphatic carbocycles. The molecule has 3 aromatic rings. The predicted molar refractivity (Wildman–Crippen MR) is 144 cm³/mol. The molecule has 1 aliphatic rings. The summed E-state index contributed by atoms with van der Waals surface area (Å²) in [6.45, 7) is 2.04. The second kappa shape index (κ2) is 11.8. The number of pyridine rings is 1. The summed E-state index contributed by atoms with van der Waals surface area (Å²) < 4.78 is 27.4. The van der Waals surface area contributed by atoms with Gasteiger partial charge in [0.05, 0.1) is 28.7 Å². The molecule has 0 unspecified atom stereocenters. The van der Waals surface area contributed by atoms with Crippen molar-refractivity contribution in [2.24, 2.45) is 0 Å². The molecule has 3 heterocycles. The average Bonchev–Trinajstić information content (AvgIpc) is 2.89. The summed E-state index contributed by atoms with van der Waals surface area (Å²) in [5, 5.41) is 2.80. The molecule has 2 aromatic heterocycles. The first-order valence-corrected chi connectivity index (χ1v) is 13.8. The quantitative estimate of drug-likeness (QED) is 0.437. The molecule has 1 aromatic carbocycles. The molecule has 0 radical (unpaired) electrons. The second-order valence-electron chi connectivity index (χ2n) is 9.42. The van der Waals surface area contributed by atoms with Gasteiger partial charge in [-0.1, -0.05) is 18.6 Å². The van der Waals surface area contributed by atoms with Gasteiger partial charge in [-0.2, -0.15) is 4.31 Å². The number of carbonyl (C=O) groups is 1. The molecule has 11 heteroatoms. The largest absolute Gasteiger partial charge is 0.382 e. The molecule has 1 saturated heterocycles. The van der Waals surface area contributed by atoms with Crippen molar-refractivity contribution in [3.8, 4) is 11.3 Å². The first-order valence-electron chi connectivity index (χ1n) is 12.4. The van der Waals surface area contributed by atoms with Gasteiger partial charge in [0.25, 0.3) is 5.91 Å². The Morgan fingerprint density at radius 2 is 1.81 bits per heavy atom. The van der Waals surface area contributed by atoms with Crippen molar-refractivity contribution in [3.63, 3.8) is 0 Å². The fraction of sp³-hybridized carbons (Fsp3) is 0.385. The van der Waals surface area contributed by atoms with Crippen molar-refractivity contribution < 1.29 is 13.2 Å². The molecule has 37 heavy (non-hydrogen) atoms. The number of benzene rings is 1. The van der Waals surface area contributed by atoms with Crippen molar-refractivity contribution in [2.75, 3.05) is 44.8 Å². The highest BCUT2D eigenvalue weighted by atomic mass is 32.2. The molecular formula is C26H33N7O3S. The molecule has 0 bridgehead atoms. The molecular weight excluding hydrogens is 490 g/mol. The fourth-order valence-electron chi connectivity index (χ4n) is 4.24. The molecule has 4 rings (SSSR count). The smallest absolute Gasteiger partial charge is 0.278 e. The number of aryl methyl sites for hydroxylation is 1. The van der Waals surface area contributed by atoms with Gasteiger partial charge in [0.1, 0.15) is 0 Å². The van der Waals surface area contributed by atoms with Gasteiger partial charge >= 0.3 is 0 Å². The number of aromatic nitrogens is 3. The van der Waals surface area contributed by atoms with E-state index in [0.717, 1.165) is 44.2 Å². The number of nitrogen functional groups attached to an aromatic ring is 1. The van der Waals surface area contributed by atoms with Gasteiger partial charge in [-0.25, -0.2) is 18.4 Å². The minimum Gasteiger partial charge on any atom is -0.382 e. The minimum atomic E-state index is -3.53. The maximum absolute atomic E-state index is 13.0. The van der Waals surface area contributed by atoms with Crippen LogP contribution in [0.15, 0.2) is 53.8 Å². The SMILES string of the molecule is CN(C)CCCc1cncc(NC(=O)c2nc(-c3ccc(S(=O)(=O)N4CCCCC4)cc3)cnc2N)c1. The molecule has 0 spiro atoms. The van der Waals surface area contributed by atoms with Crippen molar-refractivity contribution in [1.82, 2.24) is 24.2 Å². The number of hydrogen-bond donors (Lipinski definition) is 2. The zero-order valence-electron chi connectivity index (χ0n) is 21.2. The zero-order chi connectivity index (χ0) is 26.4. The van der Waals surface area contributed by atoms with Crippen molar-refractivity contribution in [1.29, 1.82) is 0 Å². The molecule has 0 atom stereocenters. The van der Waals surface area contributed by atoms with Gasteiger partial charge in [-0.3, -0.25) is 9.78 Å². The van der Waals surface area contributed by atoms with Crippen LogP contribution < -0.4 is 11.1 Å².